The van der Waals surface area contributed by atoms with E-state index in [1.807, 2.05) is 12.1 Å². The van der Waals surface area contributed by atoms with Crippen LogP contribution in [-0.4, -0.2) is 4.98 Å². The first-order valence-electron chi connectivity index (χ1n) is 7.09. The predicted molar refractivity (Wildman–Crippen MR) is 81.2 cm³/mol. The predicted octanol–water partition coefficient (Wildman–Crippen LogP) is 5.00. The molecule has 102 valence electrons. The van der Waals surface area contributed by atoms with Gasteiger partial charge in [0.05, 0.1) is 5.69 Å². The van der Waals surface area contributed by atoms with Gasteiger partial charge < -0.3 is 10.2 Å². The quantitative estimate of drug-likeness (QED) is 0.751. The minimum Gasteiger partial charge on any atom is -0.438 e. The molecule has 3 nitrogen and oxygen atoms in total. The Hall–Kier alpha value is -1.03. The summed E-state index contributed by atoms with van der Waals surface area (Å²) in [5, 5.41) is 0. The number of nitrogen functional groups attached to an aromatic ring is 1. The largest absolute Gasteiger partial charge is 0.438 e. The molecular formula is C15H19BrN2O. The van der Waals surface area contributed by atoms with Crippen LogP contribution in [-0.2, 0) is 0 Å². The Kier molecular flexibility index (Phi) is 3.78. The molecule has 1 aliphatic carbocycles. The Morgan fingerprint density at radius 3 is 2.53 bits per heavy atom. The first kappa shape index (κ1) is 13.0. The van der Waals surface area contributed by atoms with Crippen LogP contribution in [0.3, 0.4) is 0 Å². The molecule has 4 heteroatoms. The third kappa shape index (κ3) is 2.78. The van der Waals surface area contributed by atoms with Gasteiger partial charge in [0, 0.05) is 10.4 Å². The maximum atomic E-state index is 5.99. The Bertz CT molecular complexity index is 571. The normalized spacial score (nSPS) is 18.4. The minimum absolute atomic E-state index is 0.464. The highest BCUT2D eigenvalue weighted by molar-refractivity contribution is 9.10. The number of aromatic nitrogens is 1. The van der Waals surface area contributed by atoms with Crippen LogP contribution >= 0.6 is 15.9 Å². The Morgan fingerprint density at radius 2 is 1.79 bits per heavy atom. The highest BCUT2D eigenvalue weighted by atomic mass is 79.9. The second-order valence-electron chi connectivity index (χ2n) is 5.44. The van der Waals surface area contributed by atoms with Crippen LogP contribution in [0.2, 0.25) is 0 Å². The lowest BCUT2D eigenvalue weighted by Crippen LogP contribution is -2.02. The SMILES string of the molecule is Nc1cc(Br)cc2nc(C3CCCCCCC3)oc12. The zero-order chi connectivity index (χ0) is 13.2. The number of oxazole rings is 1. The summed E-state index contributed by atoms with van der Waals surface area (Å²) in [4.78, 5) is 4.65. The number of fused-ring (bicyclic) bond motifs is 1. The van der Waals surface area contributed by atoms with Gasteiger partial charge >= 0.3 is 0 Å². The number of nitrogens with two attached hydrogens (primary N) is 1. The minimum atomic E-state index is 0.464. The second-order valence-corrected chi connectivity index (χ2v) is 6.35. The lowest BCUT2D eigenvalue weighted by molar-refractivity contribution is 0.388. The average molecular weight is 323 g/mol. The fourth-order valence-electron chi connectivity index (χ4n) is 2.92. The molecular weight excluding hydrogens is 304 g/mol. The van der Waals surface area contributed by atoms with Crippen molar-refractivity contribution in [2.45, 2.75) is 50.9 Å². The molecule has 19 heavy (non-hydrogen) atoms. The number of hydrogen-bond acceptors (Lipinski definition) is 3. The third-order valence-corrected chi connectivity index (χ3v) is 4.41. The molecule has 0 bridgehead atoms. The van der Waals surface area contributed by atoms with Crippen LogP contribution in [0, 0.1) is 0 Å². The summed E-state index contributed by atoms with van der Waals surface area (Å²) in [7, 11) is 0. The van der Waals surface area contributed by atoms with Crippen LogP contribution in [0.4, 0.5) is 5.69 Å². The molecule has 1 aromatic carbocycles. The molecule has 3 rings (SSSR count). The van der Waals surface area contributed by atoms with E-state index < -0.39 is 0 Å². The molecule has 0 spiro atoms. The van der Waals surface area contributed by atoms with Crippen molar-refractivity contribution in [1.82, 2.24) is 4.98 Å². The maximum absolute atomic E-state index is 5.99. The van der Waals surface area contributed by atoms with Gasteiger partial charge in [0.15, 0.2) is 11.5 Å². The summed E-state index contributed by atoms with van der Waals surface area (Å²) in [6.45, 7) is 0. The van der Waals surface area contributed by atoms with Gasteiger partial charge in [-0.3, -0.25) is 0 Å². The van der Waals surface area contributed by atoms with E-state index in [9.17, 15) is 0 Å². The van der Waals surface area contributed by atoms with Gasteiger partial charge in [0.1, 0.15) is 5.52 Å². The zero-order valence-corrected chi connectivity index (χ0v) is 12.6. The van der Waals surface area contributed by atoms with E-state index in [2.05, 4.69) is 20.9 Å². The fourth-order valence-corrected chi connectivity index (χ4v) is 3.38. The van der Waals surface area contributed by atoms with Gasteiger partial charge in [-0.05, 0) is 25.0 Å². The summed E-state index contributed by atoms with van der Waals surface area (Å²) in [5.74, 6) is 1.34. The molecule has 1 saturated carbocycles. The van der Waals surface area contributed by atoms with Crippen molar-refractivity contribution in [3.8, 4) is 0 Å². The van der Waals surface area contributed by atoms with E-state index in [0.717, 1.165) is 21.5 Å². The first-order valence-corrected chi connectivity index (χ1v) is 7.89. The number of nitrogens with zero attached hydrogens (tertiary/aromatic N) is 1. The van der Waals surface area contributed by atoms with Gasteiger partial charge in [0.25, 0.3) is 0 Å². The van der Waals surface area contributed by atoms with Crippen molar-refractivity contribution < 1.29 is 4.42 Å². The highest BCUT2D eigenvalue weighted by Gasteiger charge is 2.20. The summed E-state index contributed by atoms with van der Waals surface area (Å²) >= 11 is 3.45. The van der Waals surface area contributed by atoms with E-state index in [1.165, 1.54) is 44.9 Å². The van der Waals surface area contributed by atoms with Crippen LogP contribution in [0.15, 0.2) is 21.0 Å². The highest BCUT2D eigenvalue weighted by Crippen LogP contribution is 2.34. The lowest BCUT2D eigenvalue weighted by Gasteiger charge is -2.16. The van der Waals surface area contributed by atoms with E-state index in [4.69, 9.17) is 10.2 Å². The second kappa shape index (κ2) is 5.53. The average Bonchev–Trinajstić information content (AvgIpc) is 2.72. The molecule has 1 fully saturated rings. The monoisotopic (exact) mass is 322 g/mol. The molecule has 2 aromatic rings. The van der Waals surface area contributed by atoms with Gasteiger partial charge in [-0.15, -0.1) is 0 Å². The molecule has 0 unspecified atom stereocenters. The van der Waals surface area contributed by atoms with Crippen LogP contribution in [0.1, 0.15) is 56.8 Å². The van der Waals surface area contributed by atoms with Crippen molar-refractivity contribution in [3.63, 3.8) is 0 Å². The first-order chi connectivity index (χ1) is 9.24. The maximum Gasteiger partial charge on any atom is 0.198 e. The molecule has 1 aliphatic rings. The molecule has 1 heterocycles. The molecule has 0 atom stereocenters. The summed E-state index contributed by atoms with van der Waals surface area (Å²) in [6.07, 6.45) is 8.99. The van der Waals surface area contributed by atoms with E-state index in [-0.39, 0.29) is 0 Å². The van der Waals surface area contributed by atoms with Gasteiger partial charge in [-0.1, -0.05) is 48.0 Å². The summed E-state index contributed by atoms with van der Waals surface area (Å²) < 4.78 is 6.89. The number of rotatable bonds is 1. The number of halogens is 1. The van der Waals surface area contributed by atoms with Crippen molar-refractivity contribution in [2.75, 3.05) is 5.73 Å². The third-order valence-electron chi connectivity index (χ3n) is 3.95. The van der Waals surface area contributed by atoms with Gasteiger partial charge in [0.2, 0.25) is 0 Å². The Morgan fingerprint density at radius 1 is 1.11 bits per heavy atom. The molecule has 1 aromatic heterocycles. The van der Waals surface area contributed by atoms with Crippen LogP contribution < -0.4 is 5.73 Å². The smallest absolute Gasteiger partial charge is 0.198 e. The number of anilines is 1. The Balaban J connectivity index is 1.93. The van der Waals surface area contributed by atoms with Crippen molar-refractivity contribution in [2.24, 2.45) is 0 Å². The Labute approximate surface area is 121 Å². The number of hydrogen-bond donors (Lipinski definition) is 1. The van der Waals surface area contributed by atoms with E-state index in [1.54, 1.807) is 0 Å². The number of benzene rings is 1. The fraction of sp³-hybridized carbons (Fsp3) is 0.533. The van der Waals surface area contributed by atoms with Gasteiger partial charge in [-0.2, -0.15) is 0 Å². The molecule has 0 radical (unpaired) electrons. The van der Waals surface area contributed by atoms with Crippen molar-refractivity contribution in [3.05, 3.63) is 22.5 Å². The molecule has 0 amide bonds. The van der Waals surface area contributed by atoms with Crippen molar-refractivity contribution in [1.29, 1.82) is 0 Å². The topological polar surface area (TPSA) is 52.0 Å². The summed E-state index contributed by atoms with van der Waals surface area (Å²) in [5.41, 5.74) is 8.25. The molecule has 0 aliphatic heterocycles. The van der Waals surface area contributed by atoms with E-state index in [0.29, 0.717) is 11.6 Å². The zero-order valence-electron chi connectivity index (χ0n) is 11.0. The van der Waals surface area contributed by atoms with Crippen molar-refractivity contribution >= 4 is 32.7 Å². The van der Waals surface area contributed by atoms with Gasteiger partial charge in [-0.25, -0.2) is 4.98 Å². The van der Waals surface area contributed by atoms with Crippen LogP contribution in [0.25, 0.3) is 11.1 Å². The lowest BCUT2D eigenvalue weighted by atomic mass is 9.91. The molecule has 2 N–H and O–H groups in total. The summed E-state index contributed by atoms with van der Waals surface area (Å²) in [6, 6.07) is 3.84. The molecule has 0 saturated heterocycles. The standard InChI is InChI=1S/C15H19BrN2O/c16-11-8-12(17)14-13(9-11)18-15(19-14)10-6-4-2-1-3-5-7-10/h8-10H,1-7,17H2. The van der Waals surface area contributed by atoms with Crippen LogP contribution in [0.5, 0.6) is 0 Å². The van der Waals surface area contributed by atoms with E-state index >= 15 is 0 Å².